The lowest BCUT2D eigenvalue weighted by Crippen LogP contribution is -2.49. The normalized spacial score (nSPS) is 16.5. The third-order valence-corrected chi connectivity index (χ3v) is 9.46. The van der Waals surface area contributed by atoms with E-state index in [1.165, 1.54) is 15.7 Å². The van der Waals surface area contributed by atoms with Gasteiger partial charge in [0, 0.05) is 62.3 Å². The minimum Gasteiger partial charge on any atom is -0.477 e. The number of halogens is 1. The van der Waals surface area contributed by atoms with E-state index in [-0.39, 0.29) is 54.4 Å². The van der Waals surface area contributed by atoms with E-state index in [1.807, 2.05) is 13.8 Å². The molecule has 6 rings (SSSR count). The molecule has 2 atom stereocenters. The van der Waals surface area contributed by atoms with Crippen molar-refractivity contribution in [3.63, 3.8) is 0 Å². The number of hydrogen-bond acceptors (Lipinski definition) is 9. The molecule has 14 nitrogen and oxygen atoms in total. The number of ether oxygens (including phenoxy) is 1. The van der Waals surface area contributed by atoms with Crippen LogP contribution in [0, 0.1) is 11.7 Å². The molecule has 2 N–H and O–H groups in total. The summed E-state index contributed by atoms with van der Waals surface area (Å²) in [7, 11) is 0. The number of aromatic carboxylic acids is 1. The van der Waals surface area contributed by atoms with Gasteiger partial charge in [0.15, 0.2) is 5.82 Å². The van der Waals surface area contributed by atoms with Gasteiger partial charge in [0.25, 0.3) is 0 Å². The maximum atomic E-state index is 15.2. The summed E-state index contributed by atoms with van der Waals surface area (Å²) in [6.07, 6.45) is 1.09. The maximum Gasteiger partial charge on any atom is 0.410 e. The second kappa shape index (κ2) is 13.7. The van der Waals surface area contributed by atoms with Crippen LogP contribution in [0.3, 0.4) is 0 Å². The second-order valence-corrected chi connectivity index (χ2v) is 12.9. The van der Waals surface area contributed by atoms with Gasteiger partial charge in [-0.25, -0.2) is 14.0 Å². The van der Waals surface area contributed by atoms with Gasteiger partial charge in [-0.05, 0) is 49.6 Å². The molecule has 0 aliphatic carbocycles. The number of carboxylic acids is 1. The quantitative estimate of drug-likeness (QED) is 0.257. The van der Waals surface area contributed by atoms with Crippen molar-refractivity contribution >= 4 is 46.2 Å². The number of aromatic nitrogens is 4. The first-order chi connectivity index (χ1) is 23.9. The molecule has 1 saturated heterocycles. The zero-order valence-corrected chi connectivity index (χ0v) is 28.2. The highest BCUT2D eigenvalue weighted by atomic mass is 19.1. The summed E-state index contributed by atoms with van der Waals surface area (Å²) < 4.78 is 23.8. The Morgan fingerprint density at radius 1 is 1.04 bits per heavy atom. The van der Waals surface area contributed by atoms with Crippen LogP contribution >= 0.6 is 0 Å². The van der Waals surface area contributed by atoms with Gasteiger partial charge in [-0.3, -0.25) is 19.0 Å². The van der Waals surface area contributed by atoms with Crippen LogP contribution in [-0.2, 0) is 22.7 Å². The molecule has 2 aliphatic rings. The summed E-state index contributed by atoms with van der Waals surface area (Å²) in [5, 5.41) is 20.6. The van der Waals surface area contributed by atoms with Crippen molar-refractivity contribution in [3.05, 3.63) is 81.4 Å². The molecule has 4 aromatic rings. The van der Waals surface area contributed by atoms with E-state index < -0.39 is 34.8 Å². The lowest BCUT2D eigenvalue weighted by molar-refractivity contribution is -0.117. The number of rotatable bonds is 9. The van der Waals surface area contributed by atoms with Crippen LogP contribution in [0.1, 0.15) is 78.3 Å². The number of pyridine rings is 1. The van der Waals surface area contributed by atoms with Gasteiger partial charge < -0.3 is 29.5 Å². The molecular formula is C35H38FN7O7. The molecule has 262 valence electrons. The van der Waals surface area contributed by atoms with E-state index in [2.05, 4.69) is 15.5 Å². The monoisotopic (exact) mass is 687 g/mol. The number of carbonyl (C=O) groups excluding carboxylic acids is 3. The first kappa shape index (κ1) is 34.3. The van der Waals surface area contributed by atoms with Gasteiger partial charge in [0.1, 0.15) is 23.8 Å². The van der Waals surface area contributed by atoms with E-state index in [0.717, 1.165) is 6.07 Å². The average Bonchev–Trinajstić information content (AvgIpc) is 3.68. The zero-order chi connectivity index (χ0) is 35.9. The largest absolute Gasteiger partial charge is 0.477 e. The van der Waals surface area contributed by atoms with Crippen molar-refractivity contribution in [3.8, 4) is 0 Å². The summed E-state index contributed by atoms with van der Waals surface area (Å²) in [5.41, 5.74) is 0.756. The number of nitrogens with one attached hydrogen (secondary N) is 1. The number of carbonyl (C=O) groups is 4. The number of anilines is 2. The Hall–Kier alpha value is -5.60. The highest BCUT2D eigenvalue weighted by Gasteiger charge is 2.38. The summed E-state index contributed by atoms with van der Waals surface area (Å²) in [6.45, 7) is 9.10. The first-order valence-corrected chi connectivity index (χ1v) is 16.5. The molecule has 15 heteroatoms. The molecular weight excluding hydrogens is 649 g/mol. The van der Waals surface area contributed by atoms with E-state index in [0.29, 0.717) is 54.5 Å². The smallest absolute Gasteiger partial charge is 0.410 e. The van der Waals surface area contributed by atoms with Gasteiger partial charge >= 0.3 is 12.1 Å². The van der Waals surface area contributed by atoms with E-state index in [4.69, 9.17) is 4.74 Å². The Balaban J connectivity index is 1.02. The minimum atomic E-state index is -1.37. The molecule has 2 aromatic carbocycles. The average molecular weight is 688 g/mol. The summed E-state index contributed by atoms with van der Waals surface area (Å²) >= 11 is 0. The molecule has 50 heavy (non-hydrogen) atoms. The fraction of sp³-hybridized carbons (Fsp3) is 0.400. The Morgan fingerprint density at radius 3 is 2.38 bits per heavy atom. The topological polar surface area (TPSA) is 169 Å². The van der Waals surface area contributed by atoms with Gasteiger partial charge in [0.2, 0.25) is 17.2 Å². The predicted molar refractivity (Wildman–Crippen MR) is 181 cm³/mol. The third-order valence-electron chi connectivity index (χ3n) is 9.46. The van der Waals surface area contributed by atoms with E-state index in [9.17, 15) is 29.1 Å². The van der Waals surface area contributed by atoms with Crippen LogP contribution in [0.4, 0.5) is 20.6 Å². The molecule has 0 saturated carbocycles. The highest BCUT2D eigenvalue weighted by molar-refractivity contribution is 5.96. The summed E-state index contributed by atoms with van der Waals surface area (Å²) in [5.74, 6) is -2.06. The molecule has 1 fully saturated rings. The van der Waals surface area contributed by atoms with Crippen LogP contribution in [0.25, 0.3) is 10.9 Å². The molecule has 2 aliphatic heterocycles. The number of nitrogens with zero attached hydrogens (tertiary/aromatic N) is 6. The first-order valence-electron chi connectivity index (χ1n) is 16.5. The van der Waals surface area contributed by atoms with Crippen molar-refractivity contribution in [2.45, 2.75) is 59.1 Å². The van der Waals surface area contributed by atoms with Crippen molar-refractivity contribution in [1.82, 2.24) is 24.2 Å². The van der Waals surface area contributed by atoms with Crippen molar-refractivity contribution in [2.24, 2.45) is 5.92 Å². The Morgan fingerprint density at radius 2 is 1.74 bits per heavy atom. The van der Waals surface area contributed by atoms with Gasteiger partial charge in [-0.15, -0.1) is 10.2 Å². The van der Waals surface area contributed by atoms with Gasteiger partial charge in [0.05, 0.1) is 17.1 Å². The number of amides is 2. The fourth-order valence-corrected chi connectivity index (χ4v) is 6.46. The fourth-order valence-electron chi connectivity index (χ4n) is 6.46. The SMILES string of the molecule is CCn1cc(C(=O)O)c(=O)c2cc(F)c(N3CCN(C(=O)OCc4ccc(NC(=O)[C@@H](C)c5nnc6n5C(=O)C[C@H]6C(C)C)cc4)CC3)cc21. The van der Waals surface area contributed by atoms with Crippen molar-refractivity contribution < 1.29 is 33.4 Å². The Labute approximate surface area is 286 Å². The number of aryl methyl sites for hydroxylation is 1. The molecule has 2 amide bonds. The minimum absolute atomic E-state index is 0.000861. The van der Waals surface area contributed by atoms with Gasteiger partial charge in [-0.1, -0.05) is 26.0 Å². The van der Waals surface area contributed by atoms with Crippen molar-refractivity contribution in [2.75, 3.05) is 36.4 Å². The highest BCUT2D eigenvalue weighted by Crippen LogP contribution is 2.35. The molecule has 0 unspecified atom stereocenters. The van der Waals surface area contributed by atoms with Crippen LogP contribution in [0.2, 0.25) is 0 Å². The lowest BCUT2D eigenvalue weighted by atomic mass is 9.94. The van der Waals surface area contributed by atoms with E-state index >= 15 is 4.39 Å². The second-order valence-electron chi connectivity index (χ2n) is 12.9. The molecule has 0 spiro atoms. The standard InChI is InChI=1S/C35H38FN7O7/c1-5-40-17-25(34(47)48)30(45)24-14-26(36)28(16-27(24)40)41-10-12-42(13-11-41)35(49)50-18-21-6-8-22(9-7-21)37-33(46)20(4)31-38-39-32-23(19(2)3)15-29(44)43(31)32/h6-9,14,16-17,19-20,23H,5,10-13,15,18H2,1-4H3,(H,37,46)(H,47,48)/t20-,23-/m0/s1. The number of fused-ring (bicyclic) bond motifs is 2. The van der Waals surface area contributed by atoms with Crippen LogP contribution in [-0.4, -0.2) is 79.4 Å². The molecule has 0 radical (unpaired) electrons. The van der Waals surface area contributed by atoms with E-state index in [1.54, 1.807) is 53.6 Å². The summed E-state index contributed by atoms with van der Waals surface area (Å²) in [4.78, 5) is 66.1. The lowest BCUT2D eigenvalue weighted by Gasteiger charge is -2.35. The maximum absolute atomic E-state index is 15.2. The number of hydrogen-bond donors (Lipinski definition) is 2. The molecule has 4 heterocycles. The molecule has 2 aromatic heterocycles. The van der Waals surface area contributed by atoms with Gasteiger partial charge in [-0.2, -0.15) is 0 Å². The Bertz CT molecular complexity index is 2050. The zero-order valence-electron chi connectivity index (χ0n) is 28.2. The third kappa shape index (κ3) is 6.42. The number of benzene rings is 2. The number of carboxylic acid groups (broad SMARTS) is 1. The van der Waals surface area contributed by atoms with Crippen LogP contribution in [0.5, 0.6) is 0 Å². The molecule has 0 bridgehead atoms. The Kier molecular flexibility index (Phi) is 9.41. The van der Waals surface area contributed by atoms with Crippen LogP contribution in [0.15, 0.2) is 47.4 Å². The van der Waals surface area contributed by atoms with Crippen molar-refractivity contribution in [1.29, 1.82) is 0 Å². The summed E-state index contributed by atoms with van der Waals surface area (Å²) in [6, 6.07) is 9.48. The number of piperazine rings is 1. The predicted octanol–water partition coefficient (Wildman–Crippen LogP) is 4.43. The van der Waals surface area contributed by atoms with Crippen LogP contribution < -0.4 is 15.6 Å².